The van der Waals surface area contributed by atoms with Gasteiger partial charge in [-0.2, -0.15) is 0 Å². The molecule has 0 aromatic heterocycles. The summed E-state index contributed by atoms with van der Waals surface area (Å²) in [5.74, 6) is 0.312. The fraction of sp³-hybridized carbons (Fsp3) is 0.136. The smallest absolute Gasteiger partial charge is 0.264 e. The minimum absolute atomic E-state index is 0.0194. The Hall–Kier alpha value is -2.94. The van der Waals surface area contributed by atoms with Gasteiger partial charge < -0.3 is 14.8 Å². The number of carbonyl (C=O) groups excluding carboxylic acids is 1. The van der Waals surface area contributed by atoms with Crippen molar-refractivity contribution in [2.24, 2.45) is 0 Å². The van der Waals surface area contributed by atoms with Gasteiger partial charge in [-0.25, -0.2) is 8.42 Å². The van der Waals surface area contributed by atoms with Crippen molar-refractivity contribution in [2.75, 3.05) is 30.4 Å². The molecule has 1 N–H and O–H groups in total. The zero-order chi connectivity index (χ0) is 23.3. The molecule has 0 saturated heterocycles. The van der Waals surface area contributed by atoms with E-state index in [0.29, 0.717) is 17.2 Å². The molecule has 3 rings (SSSR count). The molecule has 0 aliphatic carbocycles. The number of halogens is 2. The molecular formula is C22H20Cl2N2O5S. The quantitative estimate of drug-likeness (QED) is 0.483. The third-order valence-corrected chi connectivity index (χ3v) is 6.66. The Bertz CT molecular complexity index is 1200. The van der Waals surface area contributed by atoms with Crippen molar-refractivity contribution in [1.29, 1.82) is 0 Å². The predicted molar refractivity (Wildman–Crippen MR) is 126 cm³/mol. The van der Waals surface area contributed by atoms with Crippen molar-refractivity contribution in [3.8, 4) is 11.5 Å². The highest BCUT2D eigenvalue weighted by Gasteiger charge is 2.28. The van der Waals surface area contributed by atoms with Crippen LogP contribution in [0.3, 0.4) is 0 Å². The van der Waals surface area contributed by atoms with Gasteiger partial charge in [0.25, 0.3) is 10.0 Å². The number of rotatable bonds is 8. The molecular weight excluding hydrogens is 475 g/mol. The molecule has 32 heavy (non-hydrogen) atoms. The number of ether oxygens (including phenoxy) is 2. The number of carbonyl (C=O) groups is 1. The Kier molecular flexibility index (Phi) is 7.50. The van der Waals surface area contributed by atoms with Crippen LogP contribution in [-0.4, -0.2) is 35.1 Å². The highest BCUT2D eigenvalue weighted by molar-refractivity contribution is 7.92. The number of nitrogens with zero attached hydrogens (tertiary/aromatic N) is 1. The SMILES string of the molecule is COc1ccc(NC(=O)CN(c2cc(Cl)cc(Cl)c2)S(=O)(=O)c2ccccc2)c(OC)c1. The van der Waals surface area contributed by atoms with E-state index in [9.17, 15) is 13.2 Å². The van der Waals surface area contributed by atoms with Crippen molar-refractivity contribution in [1.82, 2.24) is 0 Å². The number of amides is 1. The normalized spacial score (nSPS) is 11.0. The minimum atomic E-state index is -4.10. The summed E-state index contributed by atoms with van der Waals surface area (Å²) >= 11 is 12.2. The van der Waals surface area contributed by atoms with E-state index < -0.39 is 22.5 Å². The molecule has 0 atom stereocenters. The molecule has 0 bridgehead atoms. The Labute approximate surface area is 196 Å². The van der Waals surface area contributed by atoms with E-state index in [-0.39, 0.29) is 20.6 Å². The summed E-state index contributed by atoms with van der Waals surface area (Å²) in [6, 6.07) is 16.9. The van der Waals surface area contributed by atoms with Crippen LogP contribution in [0.25, 0.3) is 0 Å². The van der Waals surface area contributed by atoms with E-state index in [1.54, 1.807) is 36.4 Å². The first kappa shape index (κ1) is 23.7. The number of hydrogen-bond donors (Lipinski definition) is 1. The van der Waals surface area contributed by atoms with E-state index in [0.717, 1.165) is 4.31 Å². The van der Waals surface area contributed by atoms with Crippen molar-refractivity contribution >= 4 is 50.5 Å². The fourth-order valence-corrected chi connectivity index (χ4v) is 4.88. The summed E-state index contributed by atoms with van der Waals surface area (Å²) < 4.78 is 38.1. The summed E-state index contributed by atoms with van der Waals surface area (Å²) in [4.78, 5) is 12.9. The maximum absolute atomic E-state index is 13.4. The summed E-state index contributed by atoms with van der Waals surface area (Å²) in [6.07, 6.45) is 0. The summed E-state index contributed by atoms with van der Waals surface area (Å²) in [7, 11) is -1.14. The fourth-order valence-electron chi connectivity index (χ4n) is 2.94. The van der Waals surface area contributed by atoms with Crippen LogP contribution >= 0.6 is 23.2 Å². The zero-order valence-corrected chi connectivity index (χ0v) is 19.5. The van der Waals surface area contributed by atoms with Crippen LogP contribution in [0.5, 0.6) is 11.5 Å². The molecule has 7 nitrogen and oxygen atoms in total. The second-order valence-corrected chi connectivity index (χ2v) is 9.30. The van der Waals surface area contributed by atoms with E-state index in [1.807, 2.05) is 0 Å². The molecule has 0 heterocycles. The lowest BCUT2D eigenvalue weighted by atomic mass is 10.2. The molecule has 0 spiro atoms. The van der Waals surface area contributed by atoms with Crippen molar-refractivity contribution in [3.05, 3.63) is 76.8 Å². The predicted octanol–water partition coefficient (Wildman–Crippen LogP) is 4.84. The zero-order valence-electron chi connectivity index (χ0n) is 17.2. The monoisotopic (exact) mass is 494 g/mol. The van der Waals surface area contributed by atoms with E-state index in [1.165, 1.54) is 44.6 Å². The Morgan fingerprint density at radius 1 is 0.938 bits per heavy atom. The van der Waals surface area contributed by atoms with Gasteiger partial charge >= 0.3 is 0 Å². The van der Waals surface area contributed by atoms with Gasteiger partial charge in [0.2, 0.25) is 5.91 Å². The van der Waals surface area contributed by atoms with Gasteiger partial charge in [-0.15, -0.1) is 0 Å². The van der Waals surface area contributed by atoms with Gasteiger partial charge in [0, 0.05) is 16.1 Å². The van der Waals surface area contributed by atoms with Crippen molar-refractivity contribution < 1.29 is 22.7 Å². The van der Waals surface area contributed by atoms with Gasteiger partial charge in [-0.05, 0) is 42.5 Å². The van der Waals surface area contributed by atoms with Crippen molar-refractivity contribution in [2.45, 2.75) is 4.90 Å². The van der Waals surface area contributed by atoms with E-state index in [2.05, 4.69) is 5.32 Å². The molecule has 1 amide bonds. The van der Waals surface area contributed by atoms with Crippen LogP contribution in [0.4, 0.5) is 11.4 Å². The summed E-state index contributed by atoms with van der Waals surface area (Å²) in [5.41, 5.74) is 0.516. The van der Waals surface area contributed by atoms with Crippen LogP contribution in [0.2, 0.25) is 10.0 Å². The Morgan fingerprint density at radius 2 is 1.59 bits per heavy atom. The highest BCUT2D eigenvalue weighted by Crippen LogP contribution is 2.31. The molecule has 10 heteroatoms. The molecule has 0 unspecified atom stereocenters. The van der Waals surface area contributed by atoms with Crippen LogP contribution in [0.1, 0.15) is 0 Å². The van der Waals surface area contributed by atoms with Crippen LogP contribution in [-0.2, 0) is 14.8 Å². The average Bonchev–Trinajstić information content (AvgIpc) is 2.77. The van der Waals surface area contributed by atoms with Gasteiger partial charge in [-0.3, -0.25) is 9.10 Å². The maximum atomic E-state index is 13.4. The first-order valence-electron chi connectivity index (χ1n) is 9.30. The van der Waals surface area contributed by atoms with Gasteiger partial charge in [0.1, 0.15) is 18.0 Å². The molecule has 0 aliphatic heterocycles. The van der Waals surface area contributed by atoms with Crippen molar-refractivity contribution in [3.63, 3.8) is 0 Å². The standard InChI is InChI=1S/C22H20Cl2N2O5S/c1-30-18-8-9-20(21(13-18)31-2)25-22(27)14-26(17-11-15(23)10-16(24)12-17)32(28,29)19-6-4-3-5-7-19/h3-13H,14H2,1-2H3,(H,25,27). The first-order valence-corrected chi connectivity index (χ1v) is 11.5. The summed E-state index contributed by atoms with van der Waals surface area (Å²) in [6.45, 7) is -0.525. The number of benzene rings is 3. The minimum Gasteiger partial charge on any atom is -0.497 e. The molecule has 0 saturated carbocycles. The third kappa shape index (κ3) is 5.45. The van der Waals surface area contributed by atoms with E-state index in [4.69, 9.17) is 32.7 Å². The Balaban J connectivity index is 1.97. The lowest BCUT2D eigenvalue weighted by Gasteiger charge is -2.24. The topological polar surface area (TPSA) is 84.9 Å². The second kappa shape index (κ2) is 10.1. The third-order valence-electron chi connectivity index (χ3n) is 4.44. The second-order valence-electron chi connectivity index (χ2n) is 6.57. The highest BCUT2D eigenvalue weighted by atomic mass is 35.5. The number of anilines is 2. The van der Waals surface area contributed by atoms with E-state index >= 15 is 0 Å². The van der Waals surface area contributed by atoms with Crippen LogP contribution < -0.4 is 19.1 Å². The molecule has 0 fully saturated rings. The van der Waals surface area contributed by atoms with Crippen LogP contribution in [0, 0.1) is 0 Å². The average molecular weight is 495 g/mol. The molecule has 0 radical (unpaired) electrons. The largest absolute Gasteiger partial charge is 0.497 e. The first-order chi connectivity index (χ1) is 15.2. The van der Waals surface area contributed by atoms with Gasteiger partial charge in [-0.1, -0.05) is 41.4 Å². The van der Waals surface area contributed by atoms with Gasteiger partial charge in [0.05, 0.1) is 30.5 Å². The lowest BCUT2D eigenvalue weighted by molar-refractivity contribution is -0.114. The number of nitrogens with one attached hydrogen (secondary N) is 1. The molecule has 3 aromatic carbocycles. The van der Waals surface area contributed by atoms with Crippen LogP contribution in [0.15, 0.2) is 71.6 Å². The summed E-state index contributed by atoms with van der Waals surface area (Å²) in [5, 5.41) is 3.14. The molecule has 168 valence electrons. The number of methoxy groups -OCH3 is 2. The Morgan fingerprint density at radius 3 is 2.19 bits per heavy atom. The number of hydrogen-bond acceptors (Lipinski definition) is 5. The number of sulfonamides is 1. The molecule has 0 aliphatic rings. The maximum Gasteiger partial charge on any atom is 0.264 e. The molecule has 3 aromatic rings. The lowest BCUT2D eigenvalue weighted by Crippen LogP contribution is -2.38. The van der Waals surface area contributed by atoms with Gasteiger partial charge in [0.15, 0.2) is 0 Å².